The number of rotatable bonds is 1. The van der Waals surface area contributed by atoms with Gasteiger partial charge in [-0.2, -0.15) is 0 Å². The van der Waals surface area contributed by atoms with E-state index in [0.717, 1.165) is 5.56 Å². The Morgan fingerprint density at radius 3 is 2.57 bits per heavy atom. The van der Waals surface area contributed by atoms with Gasteiger partial charge < -0.3 is 10.8 Å². The zero-order valence-corrected chi connectivity index (χ0v) is 8.77. The summed E-state index contributed by atoms with van der Waals surface area (Å²) in [4.78, 5) is 0. The molecule has 0 fully saturated rings. The summed E-state index contributed by atoms with van der Waals surface area (Å²) in [6.45, 7) is 0. The predicted octanol–water partition coefficient (Wildman–Crippen LogP) is 3.36. The topological polar surface area (TPSA) is 46.2 Å². The second kappa shape index (κ2) is 3.52. The number of nitrogen functional groups attached to an aromatic ring is 1. The van der Waals surface area contributed by atoms with Gasteiger partial charge in [0.1, 0.15) is 5.75 Å². The van der Waals surface area contributed by atoms with Crippen molar-refractivity contribution in [1.29, 1.82) is 0 Å². The highest BCUT2D eigenvalue weighted by molar-refractivity contribution is 7.15. The number of anilines is 1. The number of aromatic hydroxyl groups is 1. The molecule has 0 atom stereocenters. The summed E-state index contributed by atoms with van der Waals surface area (Å²) >= 11 is 7.30. The van der Waals surface area contributed by atoms with Crippen LogP contribution in [-0.4, -0.2) is 5.11 Å². The Bertz CT molecular complexity index is 447. The maximum absolute atomic E-state index is 9.58. The maximum atomic E-state index is 9.58. The van der Waals surface area contributed by atoms with Crippen LogP contribution in [0.25, 0.3) is 11.1 Å². The second-order valence-electron chi connectivity index (χ2n) is 2.84. The van der Waals surface area contributed by atoms with E-state index in [-0.39, 0.29) is 5.75 Å². The summed E-state index contributed by atoms with van der Waals surface area (Å²) in [6.07, 6.45) is 0. The normalized spacial score (nSPS) is 10.4. The van der Waals surface area contributed by atoms with Gasteiger partial charge in [-0.3, -0.25) is 0 Å². The maximum Gasteiger partial charge on any atom is 0.136 e. The van der Waals surface area contributed by atoms with Crippen LogP contribution in [0.2, 0.25) is 5.02 Å². The summed E-state index contributed by atoms with van der Waals surface area (Å²) in [5.74, 6) is 0.181. The van der Waals surface area contributed by atoms with Crippen LogP contribution in [-0.2, 0) is 0 Å². The van der Waals surface area contributed by atoms with Crippen molar-refractivity contribution < 1.29 is 5.11 Å². The van der Waals surface area contributed by atoms with Crippen molar-refractivity contribution in [2.45, 2.75) is 0 Å². The van der Waals surface area contributed by atoms with E-state index < -0.39 is 0 Å². The first kappa shape index (κ1) is 9.37. The minimum Gasteiger partial charge on any atom is -0.506 e. The van der Waals surface area contributed by atoms with E-state index in [9.17, 15) is 5.11 Å². The van der Waals surface area contributed by atoms with E-state index >= 15 is 0 Å². The molecule has 14 heavy (non-hydrogen) atoms. The van der Waals surface area contributed by atoms with E-state index in [1.54, 1.807) is 11.4 Å². The smallest absolute Gasteiger partial charge is 0.136 e. The Morgan fingerprint density at radius 2 is 2.00 bits per heavy atom. The van der Waals surface area contributed by atoms with Gasteiger partial charge in [0.25, 0.3) is 0 Å². The van der Waals surface area contributed by atoms with Crippen molar-refractivity contribution in [2.75, 3.05) is 5.73 Å². The molecule has 1 aromatic heterocycles. The largest absolute Gasteiger partial charge is 0.506 e. The van der Waals surface area contributed by atoms with Crippen LogP contribution in [0.5, 0.6) is 5.75 Å². The molecule has 72 valence electrons. The lowest BCUT2D eigenvalue weighted by molar-refractivity contribution is 0.480. The first-order chi connectivity index (χ1) is 6.70. The molecule has 0 radical (unpaired) electrons. The van der Waals surface area contributed by atoms with Crippen LogP contribution in [0, 0.1) is 0 Å². The Morgan fingerprint density at radius 1 is 1.29 bits per heavy atom. The molecule has 0 bridgehead atoms. The van der Waals surface area contributed by atoms with Crippen LogP contribution in [0.1, 0.15) is 0 Å². The van der Waals surface area contributed by atoms with Gasteiger partial charge in [0, 0.05) is 16.0 Å². The Hall–Kier alpha value is -1.19. The number of thiophene rings is 1. The Balaban J connectivity index is 2.66. The van der Waals surface area contributed by atoms with E-state index in [1.807, 2.05) is 18.2 Å². The molecule has 1 heterocycles. The van der Waals surface area contributed by atoms with Gasteiger partial charge in [-0.1, -0.05) is 29.8 Å². The van der Waals surface area contributed by atoms with Crippen LogP contribution in [0.15, 0.2) is 29.6 Å². The van der Waals surface area contributed by atoms with Crippen LogP contribution >= 0.6 is 22.9 Å². The first-order valence-corrected chi connectivity index (χ1v) is 5.26. The highest BCUT2D eigenvalue weighted by Gasteiger charge is 2.12. The number of nitrogens with two attached hydrogens (primary N) is 1. The highest BCUT2D eigenvalue weighted by Crippen LogP contribution is 2.42. The second-order valence-corrected chi connectivity index (χ2v) is 4.16. The number of hydrogen-bond donors (Lipinski definition) is 2. The molecule has 0 saturated carbocycles. The van der Waals surface area contributed by atoms with Crippen molar-refractivity contribution in [3.05, 3.63) is 34.7 Å². The zero-order valence-electron chi connectivity index (χ0n) is 7.20. The lowest BCUT2D eigenvalue weighted by Gasteiger charge is -2.03. The van der Waals surface area contributed by atoms with E-state index in [1.165, 1.54) is 11.3 Å². The number of halogens is 1. The third-order valence-corrected chi connectivity index (χ3v) is 3.07. The van der Waals surface area contributed by atoms with Crippen LogP contribution in [0.3, 0.4) is 0 Å². The Labute approximate surface area is 90.6 Å². The van der Waals surface area contributed by atoms with Gasteiger partial charge >= 0.3 is 0 Å². The molecule has 4 heteroatoms. The molecule has 0 saturated heterocycles. The summed E-state index contributed by atoms with van der Waals surface area (Å²) in [5.41, 5.74) is 7.14. The van der Waals surface area contributed by atoms with E-state index in [2.05, 4.69) is 0 Å². The lowest BCUT2D eigenvalue weighted by Crippen LogP contribution is -1.84. The fourth-order valence-corrected chi connectivity index (χ4v) is 2.22. The summed E-state index contributed by atoms with van der Waals surface area (Å²) < 4.78 is 0. The number of hydrogen-bond acceptors (Lipinski definition) is 3. The molecule has 2 nitrogen and oxygen atoms in total. The van der Waals surface area contributed by atoms with E-state index in [0.29, 0.717) is 15.6 Å². The van der Waals surface area contributed by atoms with Gasteiger partial charge in [0.05, 0.1) is 10.6 Å². The fraction of sp³-hybridized carbons (Fsp3) is 0. The average Bonchev–Trinajstić information content (AvgIpc) is 2.48. The molecule has 0 amide bonds. The van der Waals surface area contributed by atoms with Crippen LogP contribution < -0.4 is 5.73 Å². The molecule has 3 N–H and O–H groups in total. The van der Waals surface area contributed by atoms with Gasteiger partial charge in [-0.25, -0.2) is 0 Å². The average molecular weight is 226 g/mol. The van der Waals surface area contributed by atoms with Crippen LogP contribution in [0.4, 0.5) is 5.00 Å². The number of benzene rings is 1. The van der Waals surface area contributed by atoms with Crippen molar-refractivity contribution in [1.82, 2.24) is 0 Å². The van der Waals surface area contributed by atoms with Crippen molar-refractivity contribution in [3.8, 4) is 16.9 Å². The monoisotopic (exact) mass is 225 g/mol. The molecule has 2 aromatic rings. The fourth-order valence-electron chi connectivity index (χ4n) is 1.30. The lowest BCUT2D eigenvalue weighted by atomic mass is 10.1. The van der Waals surface area contributed by atoms with Gasteiger partial charge in [-0.15, -0.1) is 11.3 Å². The third-order valence-electron chi connectivity index (χ3n) is 1.94. The minimum atomic E-state index is 0.181. The standard InChI is InChI=1S/C10H8ClNOS/c11-7-4-2-1-3-6(7)9-8(13)5-14-10(9)12/h1-5,13H,12H2. The van der Waals surface area contributed by atoms with Crippen molar-refractivity contribution >= 4 is 27.9 Å². The highest BCUT2D eigenvalue weighted by atomic mass is 35.5. The van der Waals surface area contributed by atoms with Gasteiger partial charge in [-0.05, 0) is 6.07 Å². The molecule has 0 spiro atoms. The van der Waals surface area contributed by atoms with Crippen molar-refractivity contribution in [2.24, 2.45) is 0 Å². The molecular formula is C10H8ClNOS. The SMILES string of the molecule is Nc1scc(O)c1-c1ccccc1Cl. The molecule has 1 aromatic carbocycles. The van der Waals surface area contributed by atoms with E-state index in [4.69, 9.17) is 17.3 Å². The van der Waals surface area contributed by atoms with Crippen molar-refractivity contribution in [3.63, 3.8) is 0 Å². The summed E-state index contributed by atoms with van der Waals surface area (Å²) in [7, 11) is 0. The third kappa shape index (κ3) is 1.45. The Kier molecular flexibility index (Phi) is 2.35. The molecule has 0 unspecified atom stereocenters. The summed E-state index contributed by atoms with van der Waals surface area (Å²) in [5, 5.41) is 12.4. The minimum absolute atomic E-state index is 0.181. The first-order valence-electron chi connectivity index (χ1n) is 4.01. The predicted molar refractivity (Wildman–Crippen MR) is 60.8 cm³/mol. The molecule has 0 aliphatic heterocycles. The molecule has 2 rings (SSSR count). The quantitative estimate of drug-likeness (QED) is 0.782. The summed E-state index contributed by atoms with van der Waals surface area (Å²) in [6, 6.07) is 7.30. The molecule has 0 aliphatic rings. The zero-order chi connectivity index (χ0) is 10.1. The van der Waals surface area contributed by atoms with Gasteiger partial charge in [0.15, 0.2) is 0 Å². The van der Waals surface area contributed by atoms with Gasteiger partial charge in [0.2, 0.25) is 0 Å². The molecular weight excluding hydrogens is 218 g/mol. The molecule has 0 aliphatic carbocycles.